The SMILES string of the molecule is COC(N)=C(C=NCc1ccccc1)C1CCCN1. The molecular formula is C15H21N3O. The second-order valence-corrected chi connectivity index (χ2v) is 4.63. The molecule has 1 unspecified atom stereocenters. The van der Waals surface area contributed by atoms with E-state index < -0.39 is 0 Å². The third-order valence-corrected chi connectivity index (χ3v) is 3.29. The minimum Gasteiger partial charge on any atom is -0.482 e. The maximum absolute atomic E-state index is 5.90. The number of aliphatic imine (C=N–C) groups is 1. The van der Waals surface area contributed by atoms with Gasteiger partial charge < -0.3 is 15.8 Å². The molecule has 2 rings (SSSR count). The van der Waals surface area contributed by atoms with Crippen LogP contribution in [0.25, 0.3) is 0 Å². The first-order chi connectivity index (χ1) is 9.31. The molecule has 1 atom stereocenters. The molecule has 1 saturated heterocycles. The van der Waals surface area contributed by atoms with E-state index in [1.807, 2.05) is 24.4 Å². The Hall–Kier alpha value is -1.81. The number of hydrogen-bond acceptors (Lipinski definition) is 4. The average Bonchev–Trinajstić information content (AvgIpc) is 2.98. The smallest absolute Gasteiger partial charge is 0.190 e. The van der Waals surface area contributed by atoms with Crippen LogP contribution in [0.2, 0.25) is 0 Å². The highest BCUT2D eigenvalue weighted by atomic mass is 16.5. The molecule has 0 aromatic heterocycles. The maximum atomic E-state index is 5.90. The third kappa shape index (κ3) is 3.83. The lowest BCUT2D eigenvalue weighted by molar-refractivity contribution is 0.282. The van der Waals surface area contributed by atoms with E-state index in [1.165, 1.54) is 5.56 Å². The molecule has 0 spiro atoms. The third-order valence-electron chi connectivity index (χ3n) is 3.29. The highest BCUT2D eigenvalue weighted by molar-refractivity contribution is 5.80. The zero-order valence-corrected chi connectivity index (χ0v) is 11.3. The van der Waals surface area contributed by atoms with Crippen LogP contribution in [0.5, 0.6) is 0 Å². The zero-order chi connectivity index (χ0) is 13.5. The van der Waals surface area contributed by atoms with Crippen molar-refractivity contribution in [2.45, 2.75) is 25.4 Å². The molecule has 1 heterocycles. The fraction of sp³-hybridized carbons (Fsp3) is 0.400. The number of rotatable bonds is 5. The summed E-state index contributed by atoms with van der Waals surface area (Å²) in [6.45, 7) is 1.69. The van der Waals surface area contributed by atoms with E-state index in [9.17, 15) is 0 Å². The van der Waals surface area contributed by atoms with Gasteiger partial charge in [0.05, 0.1) is 13.7 Å². The van der Waals surface area contributed by atoms with E-state index >= 15 is 0 Å². The van der Waals surface area contributed by atoms with Gasteiger partial charge in [-0.15, -0.1) is 0 Å². The van der Waals surface area contributed by atoms with Gasteiger partial charge in [0, 0.05) is 17.8 Å². The lowest BCUT2D eigenvalue weighted by atomic mass is 10.1. The van der Waals surface area contributed by atoms with Crippen LogP contribution >= 0.6 is 0 Å². The molecule has 0 radical (unpaired) electrons. The second kappa shape index (κ2) is 6.95. The van der Waals surface area contributed by atoms with Crippen molar-refractivity contribution in [3.05, 3.63) is 47.4 Å². The number of benzene rings is 1. The molecule has 19 heavy (non-hydrogen) atoms. The van der Waals surface area contributed by atoms with Gasteiger partial charge in [-0.3, -0.25) is 4.99 Å². The molecule has 0 saturated carbocycles. The van der Waals surface area contributed by atoms with Crippen LogP contribution in [0, 0.1) is 0 Å². The van der Waals surface area contributed by atoms with E-state index in [1.54, 1.807) is 7.11 Å². The van der Waals surface area contributed by atoms with Crippen LogP contribution in [-0.2, 0) is 11.3 Å². The Bertz CT molecular complexity index is 448. The first-order valence-electron chi connectivity index (χ1n) is 6.62. The quantitative estimate of drug-likeness (QED) is 0.626. The van der Waals surface area contributed by atoms with Crippen LogP contribution in [-0.4, -0.2) is 25.9 Å². The van der Waals surface area contributed by atoms with Gasteiger partial charge in [0.1, 0.15) is 0 Å². The highest BCUT2D eigenvalue weighted by Crippen LogP contribution is 2.15. The fourth-order valence-electron chi connectivity index (χ4n) is 2.23. The summed E-state index contributed by atoms with van der Waals surface area (Å²) in [7, 11) is 1.59. The van der Waals surface area contributed by atoms with Gasteiger partial charge in [-0.25, -0.2) is 0 Å². The van der Waals surface area contributed by atoms with E-state index in [2.05, 4.69) is 22.4 Å². The van der Waals surface area contributed by atoms with Crippen LogP contribution in [0.3, 0.4) is 0 Å². The van der Waals surface area contributed by atoms with Crippen molar-refractivity contribution in [2.24, 2.45) is 10.7 Å². The Labute approximate surface area is 114 Å². The van der Waals surface area contributed by atoms with Crippen LogP contribution < -0.4 is 11.1 Å². The van der Waals surface area contributed by atoms with E-state index in [4.69, 9.17) is 10.5 Å². The van der Waals surface area contributed by atoms with Gasteiger partial charge >= 0.3 is 0 Å². The summed E-state index contributed by atoms with van der Waals surface area (Å²) in [5.41, 5.74) is 8.05. The Morgan fingerprint density at radius 3 is 2.89 bits per heavy atom. The second-order valence-electron chi connectivity index (χ2n) is 4.63. The zero-order valence-electron chi connectivity index (χ0n) is 11.3. The highest BCUT2D eigenvalue weighted by Gasteiger charge is 2.20. The number of nitrogens with two attached hydrogens (primary N) is 1. The van der Waals surface area contributed by atoms with Crippen molar-refractivity contribution >= 4 is 6.21 Å². The van der Waals surface area contributed by atoms with Gasteiger partial charge in [-0.2, -0.15) is 0 Å². The van der Waals surface area contributed by atoms with Crippen LogP contribution in [0.4, 0.5) is 0 Å². The molecule has 1 fully saturated rings. The Morgan fingerprint density at radius 1 is 1.47 bits per heavy atom. The summed E-state index contributed by atoms with van der Waals surface area (Å²) in [5.74, 6) is 0.455. The Balaban J connectivity index is 2.04. The van der Waals surface area contributed by atoms with Gasteiger partial charge in [-0.05, 0) is 24.9 Å². The minimum absolute atomic E-state index is 0.263. The molecule has 0 aliphatic carbocycles. The molecule has 1 aliphatic rings. The molecule has 1 aromatic rings. The van der Waals surface area contributed by atoms with Crippen molar-refractivity contribution in [2.75, 3.05) is 13.7 Å². The first-order valence-corrected chi connectivity index (χ1v) is 6.62. The van der Waals surface area contributed by atoms with E-state index in [-0.39, 0.29) is 6.04 Å². The molecule has 1 aromatic carbocycles. The van der Waals surface area contributed by atoms with Crippen molar-refractivity contribution < 1.29 is 4.74 Å². The Morgan fingerprint density at radius 2 is 2.26 bits per heavy atom. The van der Waals surface area contributed by atoms with Gasteiger partial charge in [0.25, 0.3) is 0 Å². The summed E-state index contributed by atoms with van der Waals surface area (Å²) in [6.07, 6.45) is 4.09. The van der Waals surface area contributed by atoms with Gasteiger partial charge in [0.15, 0.2) is 5.88 Å². The van der Waals surface area contributed by atoms with Gasteiger partial charge in [-0.1, -0.05) is 30.3 Å². The Kier molecular flexibility index (Phi) is 4.98. The minimum atomic E-state index is 0.263. The molecular weight excluding hydrogens is 238 g/mol. The number of hydrogen-bond donors (Lipinski definition) is 2. The van der Waals surface area contributed by atoms with Crippen LogP contribution in [0.15, 0.2) is 46.8 Å². The molecule has 1 aliphatic heterocycles. The first kappa shape index (κ1) is 13.6. The van der Waals surface area contributed by atoms with Crippen molar-refractivity contribution in [1.29, 1.82) is 0 Å². The molecule has 3 N–H and O–H groups in total. The molecule has 4 heteroatoms. The predicted octanol–water partition coefficient (Wildman–Crippen LogP) is 1.83. The number of ether oxygens (including phenoxy) is 1. The molecule has 0 bridgehead atoms. The summed E-state index contributed by atoms with van der Waals surface area (Å²) in [5, 5.41) is 3.41. The van der Waals surface area contributed by atoms with Gasteiger partial charge in [0.2, 0.25) is 0 Å². The number of nitrogens with zero attached hydrogens (tertiary/aromatic N) is 1. The standard InChI is InChI=1S/C15H21N3O/c1-19-15(16)13(14-8-5-9-18-14)11-17-10-12-6-3-2-4-7-12/h2-4,6-7,11,14,18H,5,8-10,16H2,1H3. The lowest BCUT2D eigenvalue weighted by Gasteiger charge is -2.13. The monoisotopic (exact) mass is 259 g/mol. The summed E-state index contributed by atoms with van der Waals surface area (Å²) < 4.78 is 5.15. The molecule has 4 nitrogen and oxygen atoms in total. The molecule has 0 amide bonds. The van der Waals surface area contributed by atoms with Crippen molar-refractivity contribution in [1.82, 2.24) is 5.32 Å². The van der Waals surface area contributed by atoms with E-state index in [0.717, 1.165) is 25.0 Å². The lowest BCUT2D eigenvalue weighted by Crippen LogP contribution is -2.27. The normalized spacial score (nSPS) is 20.6. The fourth-order valence-corrected chi connectivity index (χ4v) is 2.23. The molecule has 102 valence electrons. The summed E-state index contributed by atoms with van der Waals surface area (Å²) in [4.78, 5) is 4.47. The van der Waals surface area contributed by atoms with Crippen LogP contribution in [0.1, 0.15) is 18.4 Å². The number of methoxy groups -OCH3 is 1. The predicted molar refractivity (Wildman–Crippen MR) is 77.9 cm³/mol. The maximum Gasteiger partial charge on any atom is 0.190 e. The summed E-state index contributed by atoms with van der Waals surface area (Å²) in [6, 6.07) is 10.4. The topological polar surface area (TPSA) is 59.6 Å². The van der Waals surface area contributed by atoms with E-state index in [0.29, 0.717) is 12.4 Å². The van der Waals surface area contributed by atoms with Crippen molar-refractivity contribution in [3.63, 3.8) is 0 Å². The number of nitrogens with one attached hydrogen (secondary N) is 1. The summed E-state index contributed by atoms with van der Waals surface area (Å²) >= 11 is 0. The average molecular weight is 259 g/mol. The largest absolute Gasteiger partial charge is 0.482 e. The van der Waals surface area contributed by atoms with Crippen molar-refractivity contribution in [3.8, 4) is 0 Å².